The van der Waals surface area contributed by atoms with Gasteiger partial charge in [0.05, 0.1) is 37.9 Å². The fourth-order valence-electron chi connectivity index (χ4n) is 5.55. The number of aliphatic hydroxyl groups excluding tert-OH is 7. The highest BCUT2D eigenvalue weighted by atomic mass is 16.7. The Morgan fingerprint density at radius 1 is 0.925 bits per heavy atom. The molecule has 17 heteroatoms. The lowest BCUT2D eigenvalue weighted by Crippen LogP contribution is -2.68. The number of nitrogens with two attached hydrogens (primary N) is 1. The predicted octanol–water partition coefficient (Wildman–Crippen LogP) is -6.23. The molecule has 10 N–H and O–H groups in total. The lowest BCUT2D eigenvalue weighted by Gasteiger charge is -2.47. The fraction of sp³-hybridized carbons (Fsp3) is 0.913. The lowest BCUT2D eigenvalue weighted by atomic mass is 9.95. The first-order chi connectivity index (χ1) is 18.9. The van der Waals surface area contributed by atoms with Gasteiger partial charge in [-0.25, -0.2) is 4.99 Å². The summed E-state index contributed by atoms with van der Waals surface area (Å²) in [6.45, 7) is -0.621. The topological polar surface area (TPSA) is 258 Å². The van der Waals surface area contributed by atoms with Crippen molar-refractivity contribution in [1.82, 2.24) is 10.2 Å². The molecular formula is C23H40N4O13. The summed E-state index contributed by atoms with van der Waals surface area (Å²) in [5.74, 6) is -1.29. The van der Waals surface area contributed by atoms with Crippen LogP contribution in [0.5, 0.6) is 0 Å². The van der Waals surface area contributed by atoms with Crippen LogP contribution < -0.4 is 11.1 Å². The second-order valence-electron chi connectivity index (χ2n) is 10.6. The highest BCUT2D eigenvalue weighted by Gasteiger charge is 2.58. The molecule has 3 aliphatic heterocycles. The number of nitrogens with zero attached hydrogens (tertiary/aromatic N) is 2. The van der Waals surface area contributed by atoms with Crippen LogP contribution in [0.15, 0.2) is 4.99 Å². The van der Waals surface area contributed by atoms with Crippen molar-refractivity contribution in [1.29, 1.82) is 0 Å². The number of fused-ring (bicyclic) bond motifs is 1. The molecule has 0 aromatic carbocycles. The van der Waals surface area contributed by atoms with Crippen molar-refractivity contribution in [3.63, 3.8) is 0 Å². The molecular weight excluding hydrogens is 540 g/mol. The third-order valence-electron chi connectivity index (χ3n) is 7.70. The normalized spacial score (nSPS) is 46.9. The Morgan fingerprint density at radius 3 is 2.12 bits per heavy atom. The Morgan fingerprint density at radius 2 is 1.55 bits per heavy atom. The average molecular weight is 581 g/mol. The van der Waals surface area contributed by atoms with E-state index in [4.69, 9.17) is 29.4 Å². The van der Waals surface area contributed by atoms with Crippen molar-refractivity contribution in [3.05, 3.63) is 0 Å². The van der Waals surface area contributed by atoms with E-state index in [2.05, 4.69) is 10.3 Å². The number of amidine groups is 1. The van der Waals surface area contributed by atoms with Crippen LogP contribution in [0.3, 0.4) is 0 Å². The van der Waals surface area contributed by atoms with E-state index in [1.807, 2.05) is 0 Å². The molecule has 2 saturated heterocycles. The molecule has 3 heterocycles. The molecule has 0 spiro atoms. The van der Waals surface area contributed by atoms with E-state index in [0.717, 1.165) is 0 Å². The maximum Gasteiger partial charge on any atom is 0.287 e. The maximum absolute atomic E-state index is 11.7. The SMILES string of the molecule is CC(=O)N[C@H]1[C@H](O[C@H]2[C@@H](O)[C@@H](N)[C@H](O[C@H]3[C@H](O)[C@H]4N=C(N(C)C)O[C@H]4[C@@H]3CO)O[C@@H]2CO)O[C@H](CO)[C@@H](O)[C@H]1O. The number of amides is 1. The fourth-order valence-corrected chi connectivity index (χ4v) is 5.55. The first-order valence-corrected chi connectivity index (χ1v) is 13.0. The molecule has 40 heavy (non-hydrogen) atoms. The quantitative estimate of drug-likeness (QED) is 0.129. The molecule has 17 nitrogen and oxygen atoms in total. The minimum absolute atomic E-state index is 0.302. The first-order valence-electron chi connectivity index (χ1n) is 13.0. The zero-order valence-electron chi connectivity index (χ0n) is 22.3. The van der Waals surface area contributed by atoms with Gasteiger partial charge >= 0.3 is 0 Å². The summed E-state index contributed by atoms with van der Waals surface area (Å²) in [4.78, 5) is 17.7. The van der Waals surface area contributed by atoms with Gasteiger partial charge in [0.2, 0.25) is 5.91 Å². The van der Waals surface area contributed by atoms with E-state index >= 15 is 0 Å². The molecule has 4 aliphatic rings. The van der Waals surface area contributed by atoms with E-state index in [1.54, 1.807) is 19.0 Å². The van der Waals surface area contributed by atoms with Gasteiger partial charge in [-0.15, -0.1) is 0 Å². The van der Waals surface area contributed by atoms with Crippen molar-refractivity contribution < 1.29 is 64.2 Å². The minimum Gasteiger partial charge on any atom is -0.459 e. The van der Waals surface area contributed by atoms with Crippen LogP contribution in [0.2, 0.25) is 0 Å². The number of nitrogens with one attached hydrogen (secondary N) is 1. The number of rotatable bonds is 8. The second kappa shape index (κ2) is 12.6. The van der Waals surface area contributed by atoms with Crippen molar-refractivity contribution in [2.45, 2.75) is 92.6 Å². The second-order valence-corrected chi connectivity index (χ2v) is 10.6. The number of carbonyl (C=O) groups excluding carboxylic acids is 1. The number of hydrogen-bond donors (Lipinski definition) is 9. The predicted molar refractivity (Wildman–Crippen MR) is 131 cm³/mol. The standard InChI is InChI=1S/C23H40N4O13/c1-7(31)25-13-16(34)14(32)9(5-29)36-22(13)39-20-10(6-30)37-21(11(24)15(20)33)38-19-8(4-28)18-12(17(19)35)26-23(40-18)27(2)3/h8-22,28-30,32-35H,4-6,24H2,1-3H3,(H,25,31)/t8-,9+,10+,11+,12+,13+,14+,15-,16-,17+,18-,19+,20+,21-,22-/m0/s1. The molecule has 0 unspecified atom stereocenters. The van der Waals surface area contributed by atoms with Crippen molar-refractivity contribution >= 4 is 11.9 Å². The molecule has 230 valence electrons. The molecule has 15 atom stereocenters. The van der Waals surface area contributed by atoms with Crippen LogP contribution in [0.1, 0.15) is 6.92 Å². The summed E-state index contributed by atoms with van der Waals surface area (Å²) < 4.78 is 28.9. The summed E-state index contributed by atoms with van der Waals surface area (Å²) in [5, 5.41) is 74.8. The number of hydrogen-bond acceptors (Lipinski definition) is 16. The van der Waals surface area contributed by atoms with Crippen LogP contribution in [0.4, 0.5) is 0 Å². The van der Waals surface area contributed by atoms with Gasteiger partial charge in [-0.05, 0) is 0 Å². The maximum atomic E-state index is 11.7. The third kappa shape index (κ3) is 5.79. The van der Waals surface area contributed by atoms with Crippen molar-refractivity contribution in [3.8, 4) is 0 Å². The average Bonchev–Trinajstić information content (AvgIpc) is 3.45. The van der Waals surface area contributed by atoms with Crippen molar-refractivity contribution in [2.24, 2.45) is 16.6 Å². The Hall–Kier alpha value is -1.74. The Kier molecular flexibility index (Phi) is 9.86. The number of aliphatic hydroxyl groups is 7. The van der Waals surface area contributed by atoms with E-state index in [-0.39, 0.29) is 0 Å². The van der Waals surface area contributed by atoms with Gasteiger partial charge in [0.25, 0.3) is 6.02 Å². The molecule has 1 amide bonds. The monoisotopic (exact) mass is 580 g/mol. The molecule has 4 rings (SSSR count). The molecule has 0 aromatic rings. The van der Waals surface area contributed by atoms with Gasteiger partial charge < -0.3 is 75.4 Å². The van der Waals surface area contributed by atoms with Crippen LogP contribution >= 0.6 is 0 Å². The number of ether oxygens (including phenoxy) is 5. The van der Waals surface area contributed by atoms with Crippen LogP contribution in [-0.2, 0) is 28.5 Å². The molecule has 0 bridgehead atoms. The molecule has 1 aliphatic carbocycles. The molecule has 3 fully saturated rings. The number of carbonyl (C=O) groups is 1. The Bertz CT molecular complexity index is 912. The zero-order chi connectivity index (χ0) is 29.5. The summed E-state index contributed by atoms with van der Waals surface area (Å²) in [6.07, 6.45) is -14.4. The van der Waals surface area contributed by atoms with E-state index in [0.29, 0.717) is 6.02 Å². The number of aliphatic imine (C=N–C) groups is 1. The van der Waals surface area contributed by atoms with Gasteiger partial charge in [-0.1, -0.05) is 0 Å². The van der Waals surface area contributed by atoms with Gasteiger partial charge in [0.1, 0.15) is 60.9 Å². The lowest BCUT2D eigenvalue weighted by molar-refractivity contribution is -0.337. The summed E-state index contributed by atoms with van der Waals surface area (Å²) in [5.41, 5.74) is 6.23. The largest absolute Gasteiger partial charge is 0.459 e. The van der Waals surface area contributed by atoms with Crippen molar-refractivity contribution in [2.75, 3.05) is 33.9 Å². The molecule has 1 saturated carbocycles. The van der Waals surface area contributed by atoms with Gasteiger partial charge in [0, 0.05) is 21.0 Å². The minimum atomic E-state index is -1.60. The summed E-state index contributed by atoms with van der Waals surface area (Å²) in [6, 6.07) is -3.02. The highest BCUT2D eigenvalue weighted by Crippen LogP contribution is 2.39. The highest BCUT2D eigenvalue weighted by molar-refractivity contribution is 5.75. The molecule has 0 radical (unpaired) electrons. The van der Waals surface area contributed by atoms with Gasteiger partial charge in [-0.2, -0.15) is 0 Å². The smallest absolute Gasteiger partial charge is 0.287 e. The van der Waals surface area contributed by atoms with Crippen LogP contribution in [0, 0.1) is 5.92 Å². The molecule has 0 aromatic heterocycles. The first kappa shape index (κ1) is 31.2. The zero-order valence-corrected chi connectivity index (χ0v) is 22.3. The van der Waals surface area contributed by atoms with Crippen LogP contribution in [-0.4, -0.2) is 172 Å². The Balaban J connectivity index is 1.49. The van der Waals surface area contributed by atoms with E-state index in [1.165, 1.54) is 6.92 Å². The van der Waals surface area contributed by atoms with Gasteiger partial charge in [-0.3, -0.25) is 4.79 Å². The Labute approximate surface area is 230 Å². The summed E-state index contributed by atoms with van der Waals surface area (Å²) >= 11 is 0. The van der Waals surface area contributed by atoms with Crippen LogP contribution in [0.25, 0.3) is 0 Å². The summed E-state index contributed by atoms with van der Waals surface area (Å²) in [7, 11) is 3.45. The van der Waals surface area contributed by atoms with E-state index in [9.17, 15) is 40.5 Å². The third-order valence-corrected chi connectivity index (χ3v) is 7.70. The van der Waals surface area contributed by atoms with Gasteiger partial charge in [0.15, 0.2) is 12.6 Å². The van der Waals surface area contributed by atoms with E-state index < -0.39 is 117 Å².